The Morgan fingerprint density at radius 3 is 2.38 bits per heavy atom. The Morgan fingerprint density at radius 1 is 1.03 bits per heavy atom. The van der Waals surface area contributed by atoms with Crippen molar-refractivity contribution in [2.45, 2.75) is 19.4 Å². The van der Waals surface area contributed by atoms with Crippen LogP contribution in [0.3, 0.4) is 0 Å². The number of hydrogen-bond donors (Lipinski definition) is 2. The summed E-state index contributed by atoms with van der Waals surface area (Å²) >= 11 is 0. The summed E-state index contributed by atoms with van der Waals surface area (Å²) in [5, 5.41) is 5.23. The van der Waals surface area contributed by atoms with Gasteiger partial charge in [0.1, 0.15) is 5.75 Å². The van der Waals surface area contributed by atoms with Crippen LogP contribution < -0.4 is 15.4 Å². The summed E-state index contributed by atoms with van der Waals surface area (Å²) in [5.74, 6) is -0.447. The normalized spacial score (nSPS) is 13.3. The molecule has 4 amide bonds. The lowest BCUT2D eigenvalue weighted by molar-refractivity contribution is -0.139. The van der Waals surface area contributed by atoms with E-state index in [0.29, 0.717) is 17.0 Å². The molecule has 0 aromatic heterocycles. The van der Waals surface area contributed by atoms with Crippen molar-refractivity contribution >= 4 is 29.3 Å². The van der Waals surface area contributed by atoms with Crippen LogP contribution in [0.2, 0.25) is 0 Å². The number of carbonyl (C=O) groups is 4. The van der Waals surface area contributed by atoms with Gasteiger partial charge < -0.3 is 15.4 Å². The number of carbonyl (C=O) groups excluding carboxylic acids is 4. The molecule has 0 atom stereocenters. The maximum Gasteiger partial charge on any atom is 0.257 e. The Bertz CT molecular complexity index is 924. The molecule has 0 unspecified atom stereocenters. The third-order valence-corrected chi connectivity index (χ3v) is 4.45. The Balaban J connectivity index is 1.60. The van der Waals surface area contributed by atoms with Gasteiger partial charge in [-0.1, -0.05) is 18.2 Å². The number of rotatable bonds is 7. The number of hydrogen-bond acceptors (Lipinski definition) is 5. The van der Waals surface area contributed by atoms with E-state index in [1.807, 2.05) is 0 Å². The molecule has 2 N–H and O–H groups in total. The van der Waals surface area contributed by atoms with Crippen molar-refractivity contribution in [2.24, 2.45) is 0 Å². The fraction of sp³-hybridized carbons (Fsp3) is 0.238. The predicted octanol–water partition coefficient (Wildman–Crippen LogP) is 1.71. The van der Waals surface area contributed by atoms with Gasteiger partial charge in [-0.15, -0.1) is 0 Å². The number of ether oxygens (including phenoxy) is 1. The lowest BCUT2D eigenvalue weighted by Gasteiger charge is -2.14. The molecule has 1 fully saturated rings. The van der Waals surface area contributed by atoms with E-state index in [1.54, 1.807) is 48.5 Å². The minimum absolute atomic E-state index is 0.114. The SMILES string of the molecule is CNC(=O)COc1cccc(NC(=O)c2ccc(CN3C(=O)CCC3=O)cc2)c1. The monoisotopic (exact) mass is 395 g/mol. The van der Waals surface area contributed by atoms with Crippen LogP contribution in [-0.2, 0) is 20.9 Å². The van der Waals surface area contributed by atoms with Crippen molar-refractivity contribution in [3.8, 4) is 5.75 Å². The standard InChI is InChI=1S/C21H21N3O5/c1-22-18(25)13-29-17-4-2-3-16(11-17)23-21(28)15-7-5-14(6-8-15)12-24-19(26)9-10-20(24)27/h2-8,11H,9-10,12-13H2,1H3,(H,22,25)(H,23,28). The minimum atomic E-state index is -0.312. The van der Waals surface area contributed by atoms with Crippen LogP contribution in [0.4, 0.5) is 5.69 Å². The number of likely N-dealkylation sites (tertiary alicyclic amines) is 1. The highest BCUT2D eigenvalue weighted by Crippen LogP contribution is 2.19. The predicted molar refractivity (Wildman–Crippen MR) is 105 cm³/mol. The van der Waals surface area contributed by atoms with Gasteiger partial charge in [-0.05, 0) is 29.8 Å². The molecule has 2 aromatic carbocycles. The Morgan fingerprint density at radius 2 is 1.72 bits per heavy atom. The van der Waals surface area contributed by atoms with Crippen molar-refractivity contribution in [1.82, 2.24) is 10.2 Å². The molecule has 0 radical (unpaired) electrons. The fourth-order valence-corrected chi connectivity index (χ4v) is 2.83. The molecule has 150 valence electrons. The second-order valence-corrected chi connectivity index (χ2v) is 6.51. The van der Waals surface area contributed by atoms with Crippen LogP contribution in [0.5, 0.6) is 5.75 Å². The van der Waals surface area contributed by atoms with Crippen LogP contribution in [0, 0.1) is 0 Å². The Labute approximate surface area is 167 Å². The third kappa shape index (κ3) is 5.19. The van der Waals surface area contributed by atoms with Crippen LogP contribution in [-0.4, -0.2) is 42.2 Å². The number of amides is 4. The zero-order valence-corrected chi connectivity index (χ0v) is 15.9. The summed E-state index contributed by atoms with van der Waals surface area (Å²) in [5.41, 5.74) is 1.74. The van der Waals surface area contributed by atoms with E-state index in [2.05, 4.69) is 10.6 Å². The van der Waals surface area contributed by atoms with Crippen molar-refractivity contribution in [1.29, 1.82) is 0 Å². The first-order valence-electron chi connectivity index (χ1n) is 9.13. The Hall–Kier alpha value is -3.68. The van der Waals surface area contributed by atoms with Gasteiger partial charge in [0.15, 0.2) is 6.61 Å². The molecule has 2 aromatic rings. The molecule has 0 aliphatic carbocycles. The highest BCUT2D eigenvalue weighted by Gasteiger charge is 2.28. The molecule has 29 heavy (non-hydrogen) atoms. The van der Waals surface area contributed by atoms with Crippen molar-refractivity contribution in [3.05, 3.63) is 59.7 Å². The highest BCUT2D eigenvalue weighted by atomic mass is 16.5. The first kappa shape index (κ1) is 20.1. The van der Waals surface area contributed by atoms with Gasteiger partial charge in [0.05, 0.1) is 6.54 Å². The van der Waals surface area contributed by atoms with Crippen LogP contribution in [0.25, 0.3) is 0 Å². The summed E-state index contributed by atoms with van der Waals surface area (Å²) < 4.78 is 5.36. The third-order valence-electron chi connectivity index (χ3n) is 4.45. The highest BCUT2D eigenvalue weighted by molar-refractivity contribution is 6.04. The summed E-state index contributed by atoms with van der Waals surface area (Å²) in [6.07, 6.45) is 0.510. The van der Waals surface area contributed by atoms with Gasteiger partial charge in [-0.25, -0.2) is 0 Å². The molecule has 8 nitrogen and oxygen atoms in total. The summed E-state index contributed by atoms with van der Waals surface area (Å²) in [6.45, 7) is 0.0989. The number of nitrogens with one attached hydrogen (secondary N) is 2. The number of imide groups is 1. The smallest absolute Gasteiger partial charge is 0.257 e. The Kier molecular flexibility index (Phi) is 6.23. The van der Waals surface area contributed by atoms with Crippen LogP contribution >= 0.6 is 0 Å². The van der Waals surface area contributed by atoms with E-state index >= 15 is 0 Å². The first-order chi connectivity index (χ1) is 14.0. The first-order valence-corrected chi connectivity index (χ1v) is 9.13. The minimum Gasteiger partial charge on any atom is -0.484 e. The summed E-state index contributed by atoms with van der Waals surface area (Å²) in [4.78, 5) is 48.4. The van der Waals surface area contributed by atoms with Gasteiger partial charge in [-0.3, -0.25) is 24.1 Å². The van der Waals surface area contributed by atoms with E-state index < -0.39 is 0 Å². The average Bonchev–Trinajstić information content (AvgIpc) is 3.04. The molecule has 0 spiro atoms. The van der Waals surface area contributed by atoms with Crippen LogP contribution in [0.1, 0.15) is 28.8 Å². The van der Waals surface area contributed by atoms with E-state index in [4.69, 9.17) is 4.74 Å². The summed E-state index contributed by atoms with van der Waals surface area (Å²) in [6, 6.07) is 13.5. The number of nitrogens with zero attached hydrogens (tertiary/aromatic N) is 1. The fourth-order valence-electron chi connectivity index (χ4n) is 2.83. The molecule has 8 heteroatoms. The summed E-state index contributed by atoms with van der Waals surface area (Å²) in [7, 11) is 1.52. The van der Waals surface area contributed by atoms with Gasteiger partial charge in [0.25, 0.3) is 11.8 Å². The van der Waals surface area contributed by atoms with Crippen LogP contribution in [0.15, 0.2) is 48.5 Å². The zero-order chi connectivity index (χ0) is 20.8. The van der Waals surface area contributed by atoms with Gasteiger partial charge in [0, 0.05) is 37.2 Å². The lowest BCUT2D eigenvalue weighted by atomic mass is 10.1. The second-order valence-electron chi connectivity index (χ2n) is 6.51. The van der Waals surface area contributed by atoms with E-state index in [-0.39, 0.29) is 49.6 Å². The molecule has 0 saturated carbocycles. The van der Waals surface area contributed by atoms with Crippen molar-refractivity contribution < 1.29 is 23.9 Å². The van der Waals surface area contributed by atoms with Gasteiger partial charge >= 0.3 is 0 Å². The molecule has 0 bridgehead atoms. The lowest BCUT2D eigenvalue weighted by Crippen LogP contribution is -2.28. The zero-order valence-electron chi connectivity index (χ0n) is 15.9. The van der Waals surface area contributed by atoms with E-state index in [0.717, 1.165) is 5.56 Å². The van der Waals surface area contributed by atoms with Crippen molar-refractivity contribution in [3.63, 3.8) is 0 Å². The van der Waals surface area contributed by atoms with Gasteiger partial charge in [-0.2, -0.15) is 0 Å². The largest absolute Gasteiger partial charge is 0.484 e. The molecule has 1 saturated heterocycles. The number of benzene rings is 2. The molecule has 3 rings (SSSR count). The topological polar surface area (TPSA) is 105 Å². The average molecular weight is 395 g/mol. The maximum atomic E-state index is 12.5. The maximum absolute atomic E-state index is 12.5. The number of anilines is 1. The second kappa shape index (κ2) is 9.01. The molecular weight excluding hydrogens is 374 g/mol. The van der Waals surface area contributed by atoms with Crippen molar-refractivity contribution in [2.75, 3.05) is 19.0 Å². The van der Waals surface area contributed by atoms with E-state index in [9.17, 15) is 19.2 Å². The molecule has 1 aliphatic heterocycles. The molecular formula is C21H21N3O5. The number of likely N-dealkylation sites (N-methyl/N-ethyl adjacent to an activating group) is 1. The molecule has 1 aliphatic rings. The van der Waals surface area contributed by atoms with Gasteiger partial charge in [0.2, 0.25) is 11.8 Å². The molecule has 1 heterocycles. The van der Waals surface area contributed by atoms with E-state index in [1.165, 1.54) is 11.9 Å². The quantitative estimate of drug-likeness (QED) is 0.695.